The van der Waals surface area contributed by atoms with Gasteiger partial charge in [-0.2, -0.15) is 0 Å². The van der Waals surface area contributed by atoms with Crippen LogP contribution in [0.15, 0.2) is 72.6 Å². The third-order valence-corrected chi connectivity index (χ3v) is 6.47. The van der Waals surface area contributed by atoms with Crippen LogP contribution in [0.1, 0.15) is 32.6 Å². The van der Waals surface area contributed by atoms with E-state index >= 15 is 0 Å². The van der Waals surface area contributed by atoms with Crippen LogP contribution in [-0.2, 0) is 20.1 Å². The highest BCUT2D eigenvalue weighted by molar-refractivity contribution is 6.15. The number of para-hydroxylation sites is 1. The summed E-state index contributed by atoms with van der Waals surface area (Å²) in [5.41, 5.74) is 5.85. The van der Waals surface area contributed by atoms with E-state index in [-0.39, 0.29) is 5.78 Å². The van der Waals surface area contributed by atoms with Gasteiger partial charge in [0.2, 0.25) is 5.78 Å². The van der Waals surface area contributed by atoms with Crippen molar-refractivity contribution in [2.75, 3.05) is 6.73 Å². The number of allylic oxidation sites excluding steroid dienone is 1. The summed E-state index contributed by atoms with van der Waals surface area (Å²) in [6, 6.07) is 20.4. The van der Waals surface area contributed by atoms with Gasteiger partial charge in [0.05, 0.1) is 5.56 Å². The van der Waals surface area contributed by atoms with Gasteiger partial charge in [-0.3, -0.25) is 9.69 Å². The Morgan fingerprint density at radius 1 is 1.03 bits per heavy atom. The summed E-state index contributed by atoms with van der Waals surface area (Å²) in [6.45, 7) is 4.01. The maximum absolute atomic E-state index is 13.3. The minimum Gasteiger partial charge on any atom is -0.477 e. The summed E-state index contributed by atoms with van der Waals surface area (Å²) >= 11 is 0. The molecule has 0 spiro atoms. The minimum atomic E-state index is -0.0796. The quantitative estimate of drug-likeness (QED) is 0.400. The third kappa shape index (κ3) is 3.33. The lowest BCUT2D eigenvalue weighted by atomic mass is 10.00. The van der Waals surface area contributed by atoms with Crippen LogP contribution in [0.3, 0.4) is 0 Å². The SMILES string of the molecule is Cc1c2c(cc3c1O/C(=C\c1cn(C)c4ccccc14)C3=O)CN(Cc1ccccc1)CO2. The number of ether oxygens (including phenoxy) is 2. The van der Waals surface area contributed by atoms with Gasteiger partial charge in [0.25, 0.3) is 0 Å². The molecule has 0 amide bonds. The van der Waals surface area contributed by atoms with Crippen LogP contribution < -0.4 is 9.47 Å². The number of aromatic nitrogens is 1. The van der Waals surface area contributed by atoms with Crippen molar-refractivity contribution in [3.05, 3.63) is 100 Å². The number of hydrogen-bond donors (Lipinski definition) is 0. The van der Waals surface area contributed by atoms with Gasteiger partial charge in [0.1, 0.15) is 18.2 Å². The summed E-state index contributed by atoms with van der Waals surface area (Å²) in [4.78, 5) is 15.5. The van der Waals surface area contributed by atoms with Crippen molar-refractivity contribution in [1.82, 2.24) is 9.47 Å². The predicted octanol–water partition coefficient (Wildman–Crippen LogP) is 5.46. The van der Waals surface area contributed by atoms with Gasteiger partial charge in [0.15, 0.2) is 5.76 Å². The maximum atomic E-state index is 13.3. The molecule has 0 fully saturated rings. The second-order valence-corrected chi connectivity index (χ2v) is 8.76. The number of carbonyl (C=O) groups is 1. The Morgan fingerprint density at radius 2 is 1.82 bits per heavy atom. The molecular weight excluding hydrogens is 412 g/mol. The molecule has 3 aromatic carbocycles. The topological polar surface area (TPSA) is 43.7 Å². The molecule has 4 aromatic rings. The number of aryl methyl sites for hydroxylation is 1. The second kappa shape index (κ2) is 7.64. The average molecular weight is 437 g/mol. The number of carbonyl (C=O) groups excluding carboxylic acids is 1. The van der Waals surface area contributed by atoms with E-state index in [2.05, 4.69) is 33.7 Å². The molecule has 1 aromatic heterocycles. The Morgan fingerprint density at radius 3 is 2.67 bits per heavy atom. The fourth-order valence-corrected chi connectivity index (χ4v) is 4.87. The van der Waals surface area contributed by atoms with E-state index in [1.54, 1.807) is 0 Å². The van der Waals surface area contributed by atoms with Crippen LogP contribution in [-0.4, -0.2) is 22.0 Å². The number of hydrogen-bond acceptors (Lipinski definition) is 4. The van der Waals surface area contributed by atoms with E-state index in [4.69, 9.17) is 9.47 Å². The Hall–Kier alpha value is -3.83. The highest BCUT2D eigenvalue weighted by atomic mass is 16.5. The highest BCUT2D eigenvalue weighted by Crippen LogP contribution is 2.43. The van der Waals surface area contributed by atoms with Crippen LogP contribution in [0.2, 0.25) is 0 Å². The first-order valence-electron chi connectivity index (χ1n) is 11.1. The Kier molecular flexibility index (Phi) is 4.59. The molecule has 0 radical (unpaired) electrons. The molecular formula is C28H24N2O3. The van der Waals surface area contributed by atoms with Crippen LogP contribution in [0, 0.1) is 6.92 Å². The second-order valence-electron chi connectivity index (χ2n) is 8.76. The molecule has 0 bridgehead atoms. The van der Waals surface area contributed by atoms with Crippen LogP contribution in [0.5, 0.6) is 11.5 Å². The van der Waals surface area contributed by atoms with Gasteiger partial charge in [-0.15, -0.1) is 0 Å². The first-order valence-corrected chi connectivity index (χ1v) is 11.1. The molecule has 5 heteroatoms. The Balaban J connectivity index is 1.32. The predicted molar refractivity (Wildman–Crippen MR) is 128 cm³/mol. The van der Waals surface area contributed by atoms with Gasteiger partial charge in [0, 0.05) is 53.9 Å². The van der Waals surface area contributed by atoms with Crippen LogP contribution >= 0.6 is 0 Å². The zero-order valence-corrected chi connectivity index (χ0v) is 18.7. The lowest BCUT2D eigenvalue weighted by Gasteiger charge is -2.30. The fraction of sp³-hybridized carbons (Fsp3) is 0.179. The average Bonchev–Trinajstić information content (AvgIpc) is 3.32. The molecule has 2 aliphatic heterocycles. The van der Waals surface area contributed by atoms with E-state index in [0.717, 1.165) is 46.4 Å². The van der Waals surface area contributed by atoms with Gasteiger partial charge in [-0.1, -0.05) is 48.5 Å². The molecule has 5 nitrogen and oxygen atoms in total. The molecule has 2 aliphatic rings. The molecule has 6 rings (SSSR count). The van der Waals surface area contributed by atoms with Crippen molar-refractivity contribution in [2.45, 2.75) is 20.0 Å². The molecule has 0 saturated carbocycles. The summed E-state index contributed by atoms with van der Waals surface area (Å²) < 4.78 is 14.3. The number of ketones is 1. The minimum absolute atomic E-state index is 0.0796. The van der Waals surface area contributed by atoms with Crippen molar-refractivity contribution in [2.24, 2.45) is 7.05 Å². The third-order valence-electron chi connectivity index (χ3n) is 6.47. The fourth-order valence-electron chi connectivity index (χ4n) is 4.87. The van der Waals surface area contributed by atoms with Crippen LogP contribution in [0.25, 0.3) is 17.0 Å². The first kappa shape index (κ1) is 19.8. The van der Waals surface area contributed by atoms with Gasteiger partial charge >= 0.3 is 0 Å². The van der Waals surface area contributed by atoms with Gasteiger partial charge < -0.3 is 14.0 Å². The van der Waals surface area contributed by atoms with E-state index in [9.17, 15) is 4.79 Å². The van der Waals surface area contributed by atoms with Gasteiger partial charge in [-0.25, -0.2) is 0 Å². The van der Waals surface area contributed by atoms with E-state index in [0.29, 0.717) is 23.8 Å². The number of nitrogens with zero attached hydrogens (tertiary/aromatic N) is 2. The van der Waals surface area contributed by atoms with Crippen molar-refractivity contribution >= 4 is 22.8 Å². The smallest absolute Gasteiger partial charge is 0.231 e. The van der Waals surface area contributed by atoms with Crippen molar-refractivity contribution in [1.29, 1.82) is 0 Å². The molecule has 3 heterocycles. The maximum Gasteiger partial charge on any atom is 0.231 e. The standard InChI is InChI=1S/C28H24N2O3/c1-18-27-21(16-30(17-32-27)14-19-8-4-3-5-9-19)12-23-26(31)25(33-28(18)23)13-20-15-29(2)24-11-7-6-10-22(20)24/h3-13,15H,14,16-17H2,1-2H3/b25-13-. The highest BCUT2D eigenvalue weighted by Gasteiger charge is 2.33. The normalized spacial score (nSPS) is 16.5. The van der Waals surface area contributed by atoms with Crippen LogP contribution in [0.4, 0.5) is 0 Å². The zero-order chi connectivity index (χ0) is 22.5. The monoisotopic (exact) mass is 436 g/mol. The van der Waals surface area contributed by atoms with Gasteiger partial charge in [-0.05, 0) is 30.7 Å². The molecule has 33 heavy (non-hydrogen) atoms. The molecule has 0 aliphatic carbocycles. The molecule has 0 atom stereocenters. The molecule has 0 N–H and O–H groups in total. The summed E-state index contributed by atoms with van der Waals surface area (Å²) in [6.07, 6.45) is 3.88. The zero-order valence-electron chi connectivity index (χ0n) is 18.7. The van der Waals surface area contributed by atoms with E-state index in [1.165, 1.54) is 5.56 Å². The first-order chi connectivity index (χ1) is 16.1. The lowest BCUT2D eigenvalue weighted by molar-refractivity contribution is 0.0876. The number of benzene rings is 3. The molecule has 0 saturated heterocycles. The summed E-state index contributed by atoms with van der Waals surface area (Å²) in [7, 11) is 2.01. The Bertz CT molecular complexity index is 1430. The van der Waals surface area contributed by atoms with Crippen molar-refractivity contribution < 1.29 is 14.3 Å². The van der Waals surface area contributed by atoms with E-state index < -0.39 is 0 Å². The summed E-state index contributed by atoms with van der Waals surface area (Å²) in [5, 5.41) is 1.09. The summed E-state index contributed by atoms with van der Waals surface area (Å²) in [5.74, 6) is 1.72. The lowest BCUT2D eigenvalue weighted by Crippen LogP contribution is -2.32. The number of rotatable bonds is 3. The molecule has 164 valence electrons. The number of Topliss-reactive ketones (excluding diaryl/α,β-unsaturated/α-hetero) is 1. The molecule has 0 unspecified atom stereocenters. The largest absolute Gasteiger partial charge is 0.477 e. The van der Waals surface area contributed by atoms with Crippen molar-refractivity contribution in [3.8, 4) is 11.5 Å². The van der Waals surface area contributed by atoms with E-state index in [1.807, 2.05) is 62.6 Å². The number of fused-ring (bicyclic) bond motifs is 3. The van der Waals surface area contributed by atoms with Crippen molar-refractivity contribution in [3.63, 3.8) is 0 Å². The Labute approximate surface area is 192 Å².